The van der Waals surface area contributed by atoms with Crippen LogP contribution in [0.15, 0.2) is 36.7 Å². The summed E-state index contributed by atoms with van der Waals surface area (Å²) in [6.07, 6.45) is 4.25. The van der Waals surface area contributed by atoms with Gasteiger partial charge in [0.05, 0.1) is 26.3 Å². The van der Waals surface area contributed by atoms with E-state index in [9.17, 15) is 4.79 Å². The zero-order chi connectivity index (χ0) is 18.4. The number of ether oxygens (including phenoxy) is 1. The second-order valence-corrected chi connectivity index (χ2v) is 7.05. The molecule has 1 saturated heterocycles. The van der Waals surface area contributed by atoms with Gasteiger partial charge >= 0.3 is 5.97 Å². The Hall–Kier alpha value is -1.89. The van der Waals surface area contributed by atoms with Gasteiger partial charge in [0.15, 0.2) is 0 Å². The topological polar surface area (TPSA) is 50.6 Å². The van der Waals surface area contributed by atoms with Crippen LogP contribution in [0, 0.1) is 0 Å². The Morgan fingerprint density at radius 1 is 1.08 bits per heavy atom. The number of methoxy groups -OCH3 is 1. The summed E-state index contributed by atoms with van der Waals surface area (Å²) in [4.78, 5) is 16.1. The molecule has 3 rings (SSSR count). The lowest BCUT2D eigenvalue weighted by molar-refractivity contribution is -0.140. The Morgan fingerprint density at radius 3 is 2.31 bits per heavy atom. The number of carbonyl (C=O) groups excluding carboxylic acids is 1. The summed E-state index contributed by atoms with van der Waals surface area (Å²) in [6, 6.07) is 8.09. The van der Waals surface area contributed by atoms with Crippen LogP contribution in [0.25, 0.3) is 0 Å². The molecule has 1 fully saturated rings. The molecule has 0 saturated carbocycles. The quantitative estimate of drug-likeness (QED) is 0.694. The lowest BCUT2D eigenvalue weighted by Crippen LogP contribution is -2.45. The third-order valence-electron chi connectivity index (χ3n) is 4.65. The Labute approximate surface area is 159 Å². The summed E-state index contributed by atoms with van der Waals surface area (Å²) in [5.74, 6) is -0.209. The lowest BCUT2D eigenvalue weighted by Gasteiger charge is -2.34. The van der Waals surface area contributed by atoms with Crippen molar-refractivity contribution >= 4 is 17.6 Å². The Kier molecular flexibility index (Phi) is 6.66. The predicted molar refractivity (Wildman–Crippen MR) is 101 cm³/mol. The van der Waals surface area contributed by atoms with Crippen molar-refractivity contribution in [3.05, 3.63) is 52.8 Å². The normalized spacial score (nSPS) is 15.9. The molecule has 0 bridgehead atoms. The third-order valence-corrected chi connectivity index (χ3v) is 4.90. The summed E-state index contributed by atoms with van der Waals surface area (Å²) in [7, 11) is 1.41. The van der Waals surface area contributed by atoms with Gasteiger partial charge in [0.2, 0.25) is 0 Å². The molecule has 1 aromatic carbocycles. The van der Waals surface area contributed by atoms with E-state index >= 15 is 0 Å². The van der Waals surface area contributed by atoms with E-state index in [1.165, 1.54) is 18.2 Å². The number of nitrogens with zero attached hydrogens (tertiary/aromatic N) is 4. The molecule has 1 aliphatic heterocycles. The van der Waals surface area contributed by atoms with Gasteiger partial charge < -0.3 is 4.74 Å². The van der Waals surface area contributed by atoms with Crippen molar-refractivity contribution in [3.63, 3.8) is 0 Å². The maximum atomic E-state index is 11.2. The van der Waals surface area contributed by atoms with Crippen LogP contribution in [0.3, 0.4) is 0 Å². The first-order chi connectivity index (χ1) is 12.6. The monoisotopic (exact) mass is 376 g/mol. The van der Waals surface area contributed by atoms with E-state index in [0.29, 0.717) is 13.0 Å². The highest BCUT2D eigenvalue weighted by atomic mass is 35.5. The predicted octanol–water partition coefficient (Wildman–Crippen LogP) is 2.42. The molecule has 1 aromatic heterocycles. The fraction of sp³-hybridized carbons (Fsp3) is 0.474. The Morgan fingerprint density at radius 2 is 1.69 bits per heavy atom. The van der Waals surface area contributed by atoms with Crippen LogP contribution in [0.1, 0.15) is 17.5 Å². The average Bonchev–Trinajstić information content (AvgIpc) is 3.10. The SMILES string of the molecule is COC(=O)CCn1cc(CN2CCN(Cc3ccc(Cl)cc3)CC2)cn1. The van der Waals surface area contributed by atoms with Crippen molar-refractivity contribution in [2.75, 3.05) is 33.3 Å². The molecule has 0 atom stereocenters. The highest BCUT2D eigenvalue weighted by Gasteiger charge is 2.17. The summed E-state index contributed by atoms with van der Waals surface area (Å²) >= 11 is 5.94. The molecule has 0 N–H and O–H groups in total. The summed E-state index contributed by atoms with van der Waals surface area (Å²) in [5.41, 5.74) is 2.48. The molecular weight excluding hydrogens is 352 g/mol. The Bertz CT molecular complexity index is 709. The standard InChI is InChI=1S/C19H25ClN4O2/c1-26-19(25)6-7-24-15-17(12-21-24)14-23-10-8-22(9-11-23)13-16-2-4-18(20)5-3-16/h2-5,12,15H,6-11,13-14H2,1H3. The average molecular weight is 377 g/mol. The summed E-state index contributed by atoms with van der Waals surface area (Å²) in [6.45, 7) is 6.62. The molecular formula is C19H25ClN4O2. The van der Waals surface area contributed by atoms with Gasteiger partial charge in [-0.3, -0.25) is 19.3 Å². The lowest BCUT2D eigenvalue weighted by atomic mass is 10.2. The second kappa shape index (κ2) is 9.16. The number of aromatic nitrogens is 2. The molecule has 6 nitrogen and oxygen atoms in total. The van der Waals surface area contributed by atoms with Crippen molar-refractivity contribution in [3.8, 4) is 0 Å². The van der Waals surface area contributed by atoms with Gasteiger partial charge in [0.25, 0.3) is 0 Å². The van der Waals surface area contributed by atoms with Crippen LogP contribution in [-0.4, -0.2) is 58.8 Å². The van der Waals surface area contributed by atoms with Crippen LogP contribution in [0.4, 0.5) is 0 Å². The van der Waals surface area contributed by atoms with Crippen molar-refractivity contribution in [2.45, 2.75) is 26.1 Å². The van der Waals surface area contributed by atoms with E-state index in [-0.39, 0.29) is 5.97 Å². The number of benzene rings is 1. The molecule has 0 spiro atoms. The maximum absolute atomic E-state index is 11.2. The van der Waals surface area contributed by atoms with E-state index < -0.39 is 0 Å². The minimum absolute atomic E-state index is 0.209. The first-order valence-corrected chi connectivity index (χ1v) is 9.27. The van der Waals surface area contributed by atoms with Crippen molar-refractivity contribution < 1.29 is 9.53 Å². The molecule has 2 heterocycles. The number of piperazine rings is 1. The fourth-order valence-electron chi connectivity index (χ4n) is 3.13. The molecule has 0 aliphatic carbocycles. The van der Waals surface area contributed by atoms with Gasteiger partial charge in [0, 0.05) is 56.1 Å². The molecule has 1 aliphatic rings. The molecule has 7 heteroatoms. The van der Waals surface area contributed by atoms with Crippen LogP contribution in [-0.2, 0) is 29.2 Å². The van der Waals surface area contributed by atoms with E-state index in [2.05, 4.69) is 31.8 Å². The number of hydrogen-bond acceptors (Lipinski definition) is 5. The van der Waals surface area contributed by atoms with E-state index in [1.807, 2.05) is 29.2 Å². The van der Waals surface area contributed by atoms with Crippen LogP contribution in [0.2, 0.25) is 5.02 Å². The van der Waals surface area contributed by atoms with Gasteiger partial charge in [-0.2, -0.15) is 5.10 Å². The van der Waals surface area contributed by atoms with Crippen molar-refractivity contribution in [1.29, 1.82) is 0 Å². The summed E-state index contributed by atoms with van der Waals surface area (Å²) in [5, 5.41) is 5.11. The zero-order valence-corrected chi connectivity index (χ0v) is 15.9. The maximum Gasteiger partial charge on any atom is 0.307 e. The van der Waals surface area contributed by atoms with Gasteiger partial charge in [-0.15, -0.1) is 0 Å². The smallest absolute Gasteiger partial charge is 0.307 e. The summed E-state index contributed by atoms with van der Waals surface area (Å²) < 4.78 is 6.47. The molecule has 26 heavy (non-hydrogen) atoms. The first-order valence-electron chi connectivity index (χ1n) is 8.89. The van der Waals surface area contributed by atoms with Gasteiger partial charge in [0.1, 0.15) is 0 Å². The molecule has 140 valence electrons. The number of halogens is 1. The van der Waals surface area contributed by atoms with Crippen molar-refractivity contribution in [2.24, 2.45) is 0 Å². The minimum Gasteiger partial charge on any atom is -0.469 e. The Balaban J connectivity index is 1.42. The van der Waals surface area contributed by atoms with E-state index in [0.717, 1.165) is 44.3 Å². The minimum atomic E-state index is -0.209. The number of aryl methyl sites for hydroxylation is 1. The number of carbonyl (C=O) groups is 1. The molecule has 2 aromatic rings. The second-order valence-electron chi connectivity index (χ2n) is 6.62. The fourth-order valence-corrected chi connectivity index (χ4v) is 3.26. The van der Waals surface area contributed by atoms with Crippen LogP contribution < -0.4 is 0 Å². The first kappa shape index (κ1) is 18.9. The number of rotatable bonds is 7. The number of esters is 1. The molecule has 0 amide bonds. The van der Waals surface area contributed by atoms with Gasteiger partial charge in [-0.1, -0.05) is 23.7 Å². The van der Waals surface area contributed by atoms with E-state index in [1.54, 1.807) is 0 Å². The molecule has 0 radical (unpaired) electrons. The third kappa shape index (κ3) is 5.56. The number of hydrogen-bond donors (Lipinski definition) is 0. The van der Waals surface area contributed by atoms with Crippen molar-refractivity contribution in [1.82, 2.24) is 19.6 Å². The highest BCUT2D eigenvalue weighted by Crippen LogP contribution is 2.14. The van der Waals surface area contributed by atoms with Crippen LogP contribution in [0.5, 0.6) is 0 Å². The van der Waals surface area contributed by atoms with Gasteiger partial charge in [-0.05, 0) is 17.7 Å². The van der Waals surface area contributed by atoms with Crippen LogP contribution >= 0.6 is 11.6 Å². The zero-order valence-electron chi connectivity index (χ0n) is 15.1. The largest absolute Gasteiger partial charge is 0.469 e. The molecule has 0 unspecified atom stereocenters. The highest BCUT2D eigenvalue weighted by molar-refractivity contribution is 6.30. The van der Waals surface area contributed by atoms with E-state index in [4.69, 9.17) is 11.6 Å². The van der Waals surface area contributed by atoms with Gasteiger partial charge in [-0.25, -0.2) is 0 Å².